The highest BCUT2D eigenvalue weighted by Crippen LogP contribution is 2.21. The van der Waals surface area contributed by atoms with Crippen molar-refractivity contribution in [1.29, 1.82) is 0 Å². The largest absolute Gasteiger partial charge is 0.465 e. The number of carbonyl (C=O) groups is 1. The molecular formula is C11H12N4O2S. The summed E-state index contributed by atoms with van der Waals surface area (Å²) < 4.78 is 4.64. The van der Waals surface area contributed by atoms with E-state index in [-0.39, 0.29) is 5.69 Å². The molecule has 0 aromatic carbocycles. The third kappa shape index (κ3) is 2.57. The zero-order valence-corrected chi connectivity index (χ0v) is 10.5. The van der Waals surface area contributed by atoms with E-state index < -0.39 is 5.97 Å². The highest BCUT2D eigenvalue weighted by molar-refractivity contribution is 7.09. The van der Waals surface area contributed by atoms with Crippen molar-refractivity contribution in [1.82, 2.24) is 9.97 Å². The average molecular weight is 264 g/mol. The summed E-state index contributed by atoms with van der Waals surface area (Å²) in [5, 5.41) is 3.06. The number of hydrogen-bond acceptors (Lipinski definition) is 7. The lowest BCUT2D eigenvalue weighted by Gasteiger charge is -2.09. The van der Waals surface area contributed by atoms with Crippen molar-refractivity contribution in [3.05, 3.63) is 34.4 Å². The number of carbonyl (C=O) groups excluding carboxylic acids is 1. The van der Waals surface area contributed by atoms with Crippen molar-refractivity contribution in [2.75, 3.05) is 18.2 Å². The average Bonchev–Trinajstić information content (AvgIpc) is 2.90. The van der Waals surface area contributed by atoms with Gasteiger partial charge in [0.05, 0.1) is 30.4 Å². The fraction of sp³-hybridized carbons (Fsp3) is 0.182. The molecule has 3 N–H and O–H groups in total. The summed E-state index contributed by atoms with van der Waals surface area (Å²) in [4.78, 5) is 20.6. The molecular weight excluding hydrogens is 252 g/mol. The number of thiazole rings is 1. The molecule has 0 aliphatic carbocycles. The van der Waals surface area contributed by atoms with Gasteiger partial charge in [-0.05, 0) is 6.07 Å². The molecule has 0 amide bonds. The van der Waals surface area contributed by atoms with E-state index in [1.165, 1.54) is 30.7 Å². The molecule has 0 aliphatic rings. The molecule has 2 heterocycles. The second kappa shape index (κ2) is 5.46. The SMILES string of the molecule is COC(=O)c1ccnc(NCc2cncs2)c1N. The maximum absolute atomic E-state index is 11.5. The van der Waals surface area contributed by atoms with Crippen LogP contribution in [-0.2, 0) is 11.3 Å². The molecule has 0 spiro atoms. The number of rotatable bonds is 4. The summed E-state index contributed by atoms with van der Waals surface area (Å²) in [7, 11) is 1.31. The summed E-state index contributed by atoms with van der Waals surface area (Å²) in [5.41, 5.74) is 8.20. The minimum atomic E-state index is -0.476. The van der Waals surface area contributed by atoms with Gasteiger partial charge < -0.3 is 15.8 Å². The number of esters is 1. The molecule has 0 saturated carbocycles. The van der Waals surface area contributed by atoms with E-state index in [0.29, 0.717) is 17.9 Å². The number of nitrogens with zero attached hydrogens (tertiary/aromatic N) is 2. The van der Waals surface area contributed by atoms with E-state index in [2.05, 4.69) is 20.0 Å². The molecule has 2 aromatic heterocycles. The molecule has 2 rings (SSSR count). The normalized spacial score (nSPS) is 10.1. The lowest BCUT2D eigenvalue weighted by atomic mass is 10.2. The number of aromatic nitrogens is 2. The van der Waals surface area contributed by atoms with E-state index in [9.17, 15) is 4.79 Å². The minimum absolute atomic E-state index is 0.286. The Morgan fingerprint density at radius 2 is 2.44 bits per heavy atom. The van der Waals surface area contributed by atoms with Crippen LogP contribution in [0.2, 0.25) is 0 Å². The van der Waals surface area contributed by atoms with E-state index in [4.69, 9.17) is 5.73 Å². The molecule has 0 radical (unpaired) electrons. The molecule has 6 nitrogen and oxygen atoms in total. The summed E-state index contributed by atoms with van der Waals surface area (Å²) in [6.45, 7) is 0.562. The first-order valence-electron chi connectivity index (χ1n) is 5.16. The molecule has 0 atom stereocenters. The Hall–Kier alpha value is -2.15. The topological polar surface area (TPSA) is 90.1 Å². The number of nitrogens with two attached hydrogens (primary N) is 1. The Bertz CT molecular complexity index is 542. The van der Waals surface area contributed by atoms with Crippen molar-refractivity contribution in [2.45, 2.75) is 6.54 Å². The van der Waals surface area contributed by atoms with Crippen LogP contribution in [0.4, 0.5) is 11.5 Å². The van der Waals surface area contributed by atoms with Gasteiger partial charge in [0.1, 0.15) is 5.82 Å². The summed E-state index contributed by atoms with van der Waals surface area (Å²) in [6.07, 6.45) is 3.27. The molecule has 0 fully saturated rings. The number of methoxy groups -OCH3 is 1. The van der Waals surface area contributed by atoms with Crippen molar-refractivity contribution in [2.24, 2.45) is 0 Å². The Labute approximate surface area is 108 Å². The molecule has 0 aliphatic heterocycles. The first kappa shape index (κ1) is 12.3. The van der Waals surface area contributed by atoms with Crippen LogP contribution >= 0.6 is 11.3 Å². The predicted octanol–water partition coefficient (Wildman–Crippen LogP) is 1.52. The van der Waals surface area contributed by atoms with Gasteiger partial charge in [0.2, 0.25) is 0 Å². The highest BCUT2D eigenvalue weighted by Gasteiger charge is 2.13. The molecule has 0 bridgehead atoms. The number of nitrogens with one attached hydrogen (secondary N) is 1. The lowest BCUT2D eigenvalue weighted by molar-refractivity contribution is 0.0602. The third-order valence-corrected chi connectivity index (χ3v) is 3.09. The Morgan fingerprint density at radius 1 is 1.61 bits per heavy atom. The molecule has 94 valence electrons. The summed E-state index contributed by atoms with van der Waals surface area (Å²) in [6, 6.07) is 1.53. The maximum atomic E-state index is 11.5. The van der Waals surface area contributed by atoms with Crippen LogP contribution in [0.25, 0.3) is 0 Å². The monoisotopic (exact) mass is 264 g/mol. The van der Waals surface area contributed by atoms with E-state index in [0.717, 1.165) is 4.88 Å². The first-order chi connectivity index (χ1) is 8.72. The van der Waals surface area contributed by atoms with Gasteiger partial charge in [-0.25, -0.2) is 9.78 Å². The van der Waals surface area contributed by atoms with Crippen LogP contribution in [-0.4, -0.2) is 23.0 Å². The van der Waals surface area contributed by atoms with Crippen molar-refractivity contribution < 1.29 is 9.53 Å². The van der Waals surface area contributed by atoms with Crippen LogP contribution in [0.1, 0.15) is 15.2 Å². The molecule has 18 heavy (non-hydrogen) atoms. The zero-order chi connectivity index (χ0) is 13.0. The Morgan fingerprint density at radius 3 is 3.11 bits per heavy atom. The van der Waals surface area contributed by atoms with Crippen LogP contribution in [0.15, 0.2) is 24.0 Å². The number of pyridine rings is 1. The lowest BCUT2D eigenvalue weighted by Crippen LogP contribution is -2.10. The standard InChI is InChI=1S/C11H12N4O2S/c1-17-11(16)8-2-3-14-10(9(8)12)15-5-7-4-13-6-18-7/h2-4,6H,5,12H2,1H3,(H,14,15). The van der Waals surface area contributed by atoms with E-state index >= 15 is 0 Å². The van der Waals surface area contributed by atoms with Crippen LogP contribution in [0.3, 0.4) is 0 Å². The molecule has 2 aromatic rings. The molecule has 0 unspecified atom stereocenters. The van der Waals surface area contributed by atoms with E-state index in [1.807, 2.05) is 0 Å². The number of anilines is 2. The summed E-state index contributed by atoms with van der Waals surface area (Å²) >= 11 is 1.53. The fourth-order valence-corrected chi connectivity index (χ4v) is 1.94. The smallest absolute Gasteiger partial charge is 0.340 e. The Balaban J connectivity index is 2.16. The minimum Gasteiger partial charge on any atom is -0.465 e. The second-order valence-electron chi connectivity index (χ2n) is 3.43. The van der Waals surface area contributed by atoms with Crippen molar-refractivity contribution in [3.63, 3.8) is 0 Å². The fourth-order valence-electron chi connectivity index (χ4n) is 1.40. The van der Waals surface area contributed by atoms with Gasteiger partial charge in [0, 0.05) is 17.3 Å². The third-order valence-electron chi connectivity index (χ3n) is 2.31. The van der Waals surface area contributed by atoms with Gasteiger partial charge in [0.15, 0.2) is 0 Å². The zero-order valence-electron chi connectivity index (χ0n) is 9.71. The van der Waals surface area contributed by atoms with Crippen LogP contribution in [0, 0.1) is 0 Å². The van der Waals surface area contributed by atoms with Gasteiger partial charge in [-0.3, -0.25) is 4.98 Å². The first-order valence-corrected chi connectivity index (χ1v) is 6.04. The second-order valence-corrected chi connectivity index (χ2v) is 4.40. The van der Waals surface area contributed by atoms with Crippen LogP contribution < -0.4 is 11.1 Å². The summed E-state index contributed by atoms with van der Waals surface area (Å²) in [5.74, 6) is -0.0120. The predicted molar refractivity (Wildman–Crippen MR) is 69.4 cm³/mol. The Kier molecular flexibility index (Phi) is 3.73. The molecule has 0 saturated heterocycles. The maximum Gasteiger partial charge on any atom is 0.340 e. The van der Waals surface area contributed by atoms with Gasteiger partial charge in [-0.1, -0.05) is 0 Å². The number of ether oxygens (including phenoxy) is 1. The van der Waals surface area contributed by atoms with Crippen molar-refractivity contribution >= 4 is 28.8 Å². The number of nitrogen functional groups attached to an aromatic ring is 1. The van der Waals surface area contributed by atoms with Gasteiger partial charge in [-0.2, -0.15) is 0 Å². The van der Waals surface area contributed by atoms with Gasteiger partial charge in [0.25, 0.3) is 0 Å². The van der Waals surface area contributed by atoms with Gasteiger partial charge in [-0.15, -0.1) is 11.3 Å². The van der Waals surface area contributed by atoms with Gasteiger partial charge >= 0.3 is 5.97 Å². The van der Waals surface area contributed by atoms with Crippen molar-refractivity contribution in [3.8, 4) is 0 Å². The van der Waals surface area contributed by atoms with Crippen LogP contribution in [0.5, 0.6) is 0 Å². The molecule has 7 heteroatoms. The van der Waals surface area contributed by atoms with E-state index in [1.54, 1.807) is 11.7 Å². The quantitative estimate of drug-likeness (QED) is 0.814. The number of hydrogen-bond donors (Lipinski definition) is 2. The highest BCUT2D eigenvalue weighted by atomic mass is 32.1.